The fourth-order valence-electron chi connectivity index (χ4n) is 4.62. The molecule has 1 unspecified atom stereocenters. The molecule has 0 aliphatic carbocycles. The SMILES string of the molecule is O=C(Nc1ccc(S(=O)(=O)N2CCCc3ccccc32)cc1)C1CC(=O)N(c2ccc(F)c(Cl)c2)C1. The lowest BCUT2D eigenvalue weighted by Crippen LogP contribution is -2.35. The van der Waals surface area contributed by atoms with Gasteiger partial charge in [-0.15, -0.1) is 0 Å². The number of para-hydroxylation sites is 1. The zero-order valence-electron chi connectivity index (χ0n) is 19.2. The molecular weight excluding hydrogens is 505 g/mol. The predicted molar refractivity (Wildman–Crippen MR) is 136 cm³/mol. The van der Waals surface area contributed by atoms with Crippen LogP contribution < -0.4 is 14.5 Å². The largest absolute Gasteiger partial charge is 0.326 e. The lowest BCUT2D eigenvalue weighted by molar-refractivity contribution is -0.122. The molecule has 0 bridgehead atoms. The molecule has 5 rings (SSSR count). The average Bonchev–Trinajstić information content (AvgIpc) is 3.27. The van der Waals surface area contributed by atoms with Gasteiger partial charge >= 0.3 is 0 Å². The molecule has 10 heteroatoms. The van der Waals surface area contributed by atoms with Crippen LogP contribution in [0.4, 0.5) is 21.5 Å². The molecule has 2 aliphatic rings. The molecule has 36 heavy (non-hydrogen) atoms. The van der Waals surface area contributed by atoms with Crippen LogP contribution in [0, 0.1) is 11.7 Å². The third kappa shape index (κ3) is 4.56. The first-order valence-electron chi connectivity index (χ1n) is 11.5. The predicted octanol–water partition coefficient (Wildman–Crippen LogP) is 4.61. The minimum absolute atomic E-state index is 0.00165. The molecule has 2 amide bonds. The van der Waals surface area contributed by atoms with Crippen molar-refractivity contribution >= 4 is 50.5 Å². The zero-order valence-corrected chi connectivity index (χ0v) is 20.7. The first-order valence-corrected chi connectivity index (χ1v) is 13.3. The number of fused-ring (bicyclic) bond motifs is 1. The van der Waals surface area contributed by atoms with E-state index in [9.17, 15) is 22.4 Å². The van der Waals surface area contributed by atoms with E-state index in [1.807, 2.05) is 24.3 Å². The highest BCUT2D eigenvalue weighted by molar-refractivity contribution is 7.92. The molecule has 1 saturated heterocycles. The quantitative estimate of drug-likeness (QED) is 0.525. The molecule has 1 N–H and O–H groups in total. The highest BCUT2D eigenvalue weighted by Crippen LogP contribution is 2.33. The number of anilines is 3. The minimum Gasteiger partial charge on any atom is -0.326 e. The number of amides is 2. The second kappa shape index (κ2) is 9.55. The van der Waals surface area contributed by atoms with E-state index in [1.54, 1.807) is 0 Å². The number of carbonyl (C=O) groups excluding carboxylic acids is 2. The van der Waals surface area contributed by atoms with Crippen LogP contribution >= 0.6 is 11.6 Å². The van der Waals surface area contributed by atoms with E-state index < -0.39 is 21.8 Å². The maximum atomic E-state index is 13.5. The highest BCUT2D eigenvalue weighted by Gasteiger charge is 2.35. The summed E-state index contributed by atoms with van der Waals surface area (Å²) in [7, 11) is -3.76. The van der Waals surface area contributed by atoms with E-state index in [2.05, 4.69) is 5.32 Å². The zero-order chi connectivity index (χ0) is 25.4. The van der Waals surface area contributed by atoms with Crippen LogP contribution in [0.1, 0.15) is 18.4 Å². The Morgan fingerprint density at radius 2 is 1.81 bits per heavy atom. The summed E-state index contributed by atoms with van der Waals surface area (Å²) in [6.07, 6.45) is 1.58. The van der Waals surface area contributed by atoms with Crippen molar-refractivity contribution in [2.75, 3.05) is 27.6 Å². The summed E-state index contributed by atoms with van der Waals surface area (Å²) >= 11 is 5.83. The molecule has 3 aromatic carbocycles. The third-order valence-electron chi connectivity index (χ3n) is 6.49. The van der Waals surface area contributed by atoms with Gasteiger partial charge in [0.15, 0.2) is 0 Å². The number of nitrogens with zero attached hydrogens (tertiary/aromatic N) is 2. The summed E-state index contributed by atoms with van der Waals surface area (Å²) in [5, 5.41) is 2.66. The molecule has 1 atom stereocenters. The Kier molecular flexibility index (Phi) is 6.44. The van der Waals surface area contributed by atoms with E-state index in [1.165, 1.54) is 51.7 Å². The normalized spacial score (nSPS) is 17.7. The molecule has 3 aromatic rings. The van der Waals surface area contributed by atoms with Gasteiger partial charge in [-0.3, -0.25) is 13.9 Å². The van der Waals surface area contributed by atoms with Gasteiger partial charge in [-0.1, -0.05) is 29.8 Å². The molecule has 0 saturated carbocycles. The van der Waals surface area contributed by atoms with Crippen LogP contribution in [-0.2, 0) is 26.0 Å². The van der Waals surface area contributed by atoms with Crippen LogP contribution in [0.5, 0.6) is 0 Å². The monoisotopic (exact) mass is 527 g/mol. The van der Waals surface area contributed by atoms with Crippen LogP contribution in [0.15, 0.2) is 71.6 Å². The fraction of sp³-hybridized carbons (Fsp3) is 0.231. The van der Waals surface area contributed by atoms with E-state index in [4.69, 9.17) is 11.6 Å². The Morgan fingerprint density at radius 1 is 1.06 bits per heavy atom. The molecule has 0 aromatic heterocycles. The van der Waals surface area contributed by atoms with Crippen molar-refractivity contribution in [3.63, 3.8) is 0 Å². The van der Waals surface area contributed by atoms with Gasteiger partial charge in [-0.25, -0.2) is 12.8 Å². The van der Waals surface area contributed by atoms with Crippen LogP contribution in [0.2, 0.25) is 5.02 Å². The molecular formula is C26H23ClFN3O4S. The number of nitrogens with one attached hydrogen (secondary N) is 1. The lowest BCUT2D eigenvalue weighted by atomic mass is 10.0. The Morgan fingerprint density at radius 3 is 2.56 bits per heavy atom. The summed E-state index contributed by atoms with van der Waals surface area (Å²) in [4.78, 5) is 26.8. The number of hydrogen-bond acceptors (Lipinski definition) is 4. The molecule has 7 nitrogen and oxygen atoms in total. The number of halogens is 2. The third-order valence-corrected chi connectivity index (χ3v) is 8.61. The van der Waals surface area contributed by atoms with E-state index in [-0.39, 0.29) is 34.7 Å². The lowest BCUT2D eigenvalue weighted by Gasteiger charge is -2.30. The van der Waals surface area contributed by atoms with Gasteiger partial charge in [0.25, 0.3) is 10.0 Å². The molecule has 2 heterocycles. The van der Waals surface area contributed by atoms with Crippen molar-refractivity contribution in [2.24, 2.45) is 5.92 Å². The summed E-state index contributed by atoms with van der Waals surface area (Å²) < 4.78 is 41.5. The van der Waals surface area contributed by atoms with Gasteiger partial charge in [-0.05, 0) is 66.9 Å². The van der Waals surface area contributed by atoms with Gasteiger partial charge in [-0.2, -0.15) is 0 Å². The number of sulfonamides is 1. The molecule has 1 fully saturated rings. The Hall–Kier alpha value is -3.43. The number of aryl methyl sites for hydroxylation is 1. The van der Waals surface area contributed by atoms with Gasteiger partial charge in [0.05, 0.1) is 21.5 Å². The van der Waals surface area contributed by atoms with Gasteiger partial charge in [0.2, 0.25) is 11.8 Å². The molecule has 0 spiro atoms. The molecule has 186 valence electrons. The van der Waals surface area contributed by atoms with Crippen molar-refractivity contribution in [3.05, 3.63) is 83.1 Å². The smallest absolute Gasteiger partial charge is 0.264 e. The maximum Gasteiger partial charge on any atom is 0.264 e. The van der Waals surface area contributed by atoms with Gasteiger partial charge in [0, 0.05) is 30.9 Å². The highest BCUT2D eigenvalue weighted by atomic mass is 35.5. The van der Waals surface area contributed by atoms with E-state index in [0.717, 1.165) is 18.4 Å². The summed E-state index contributed by atoms with van der Waals surface area (Å²) in [6.45, 7) is 0.538. The second-order valence-electron chi connectivity index (χ2n) is 8.83. The first kappa shape index (κ1) is 24.3. The standard InChI is InChI=1S/C26H23ClFN3O4S/c27-22-15-20(9-12-23(22)28)30-16-18(14-25(30)32)26(33)29-19-7-10-21(11-8-19)36(34,35)31-13-3-5-17-4-1-2-6-24(17)31/h1-2,4,6-12,15,18H,3,5,13-14,16H2,(H,29,33). The summed E-state index contributed by atoms with van der Waals surface area (Å²) in [5.74, 6) is -1.83. The molecule has 2 aliphatic heterocycles. The van der Waals surface area contributed by atoms with Crippen molar-refractivity contribution in [3.8, 4) is 0 Å². The summed E-state index contributed by atoms with van der Waals surface area (Å²) in [6, 6.07) is 17.5. The van der Waals surface area contributed by atoms with Crippen molar-refractivity contribution < 1.29 is 22.4 Å². The van der Waals surface area contributed by atoms with Crippen LogP contribution in [0.3, 0.4) is 0 Å². The topological polar surface area (TPSA) is 86.8 Å². The minimum atomic E-state index is -3.76. The second-order valence-corrected chi connectivity index (χ2v) is 11.1. The summed E-state index contributed by atoms with van der Waals surface area (Å²) in [5.41, 5.74) is 2.54. The Balaban J connectivity index is 1.27. The first-order chi connectivity index (χ1) is 17.2. The van der Waals surface area contributed by atoms with Crippen molar-refractivity contribution in [2.45, 2.75) is 24.2 Å². The Bertz CT molecular complexity index is 1450. The fourth-order valence-corrected chi connectivity index (χ4v) is 6.33. The van der Waals surface area contributed by atoms with E-state index >= 15 is 0 Å². The van der Waals surface area contributed by atoms with Crippen LogP contribution in [-0.4, -0.2) is 33.3 Å². The van der Waals surface area contributed by atoms with Crippen molar-refractivity contribution in [1.82, 2.24) is 0 Å². The van der Waals surface area contributed by atoms with Gasteiger partial charge in [0.1, 0.15) is 5.82 Å². The van der Waals surface area contributed by atoms with Gasteiger partial charge < -0.3 is 10.2 Å². The number of benzene rings is 3. The number of rotatable bonds is 5. The molecule has 0 radical (unpaired) electrons. The average molecular weight is 528 g/mol. The number of carbonyl (C=O) groups is 2. The van der Waals surface area contributed by atoms with E-state index in [0.29, 0.717) is 23.6 Å². The van der Waals surface area contributed by atoms with Crippen LogP contribution in [0.25, 0.3) is 0 Å². The Labute approximate surface area is 213 Å². The maximum absolute atomic E-state index is 13.5. The number of hydrogen-bond donors (Lipinski definition) is 1. The van der Waals surface area contributed by atoms with Crippen molar-refractivity contribution in [1.29, 1.82) is 0 Å².